The minimum atomic E-state index is -0.270. The van der Waals surface area contributed by atoms with Crippen LogP contribution in [0.2, 0.25) is 0 Å². The van der Waals surface area contributed by atoms with E-state index in [0.29, 0.717) is 11.1 Å². The Labute approximate surface area is 110 Å². The highest BCUT2D eigenvalue weighted by Crippen LogP contribution is 2.33. The summed E-state index contributed by atoms with van der Waals surface area (Å²) < 4.78 is 6.34. The predicted molar refractivity (Wildman–Crippen MR) is 68.7 cm³/mol. The van der Waals surface area contributed by atoms with Gasteiger partial charge in [-0.05, 0) is 12.8 Å². The molecule has 6 heteroatoms. The Kier molecular flexibility index (Phi) is 4.06. The first-order valence-electron chi connectivity index (χ1n) is 5.92. The van der Waals surface area contributed by atoms with Crippen molar-refractivity contribution in [3.05, 3.63) is 22.7 Å². The summed E-state index contributed by atoms with van der Waals surface area (Å²) in [5.74, 6) is -0.270. The highest BCUT2D eigenvalue weighted by atomic mass is 32.2. The van der Waals surface area contributed by atoms with Gasteiger partial charge in [0.1, 0.15) is 0 Å². The molecule has 1 unspecified atom stereocenters. The van der Waals surface area contributed by atoms with Gasteiger partial charge in [0.05, 0.1) is 13.5 Å². The Hall–Kier alpha value is -1.30. The molecule has 1 aromatic rings. The maximum absolute atomic E-state index is 12.1. The van der Waals surface area contributed by atoms with E-state index in [1.54, 1.807) is 17.0 Å². The largest absolute Gasteiger partial charge is 0.469 e. The lowest BCUT2D eigenvalue weighted by atomic mass is 10.3. The van der Waals surface area contributed by atoms with Crippen LogP contribution in [0, 0.1) is 0 Å². The summed E-state index contributed by atoms with van der Waals surface area (Å²) in [5, 5.41) is 0.438. The van der Waals surface area contributed by atoms with Gasteiger partial charge in [-0.2, -0.15) is 0 Å². The van der Waals surface area contributed by atoms with Crippen LogP contribution in [0.5, 0.6) is 0 Å². The van der Waals surface area contributed by atoms with Gasteiger partial charge in [-0.3, -0.25) is 9.59 Å². The monoisotopic (exact) mass is 268 g/mol. The molecule has 1 saturated carbocycles. The fourth-order valence-corrected chi connectivity index (χ4v) is 2.61. The average molecular weight is 268 g/mol. The zero-order valence-corrected chi connectivity index (χ0v) is 11.3. The number of methoxy groups -OCH3 is 1. The summed E-state index contributed by atoms with van der Waals surface area (Å²) in [6.45, 7) is 1.89. The zero-order chi connectivity index (χ0) is 13.1. The van der Waals surface area contributed by atoms with Crippen molar-refractivity contribution in [3.8, 4) is 0 Å². The Morgan fingerprint density at radius 1 is 1.67 bits per heavy atom. The van der Waals surface area contributed by atoms with E-state index in [0.717, 1.165) is 12.8 Å². The maximum Gasteiger partial charge on any atom is 0.306 e. The fourth-order valence-electron chi connectivity index (χ4n) is 1.68. The third-order valence-electron chi connectivity index (χ3n) is 2.77. The van der Waals surface area contributed by atoms with Crippen LogP contribution in [0.25, 0.3) is 0 Å². The van der Waals surface area contributed by atoms with Crippen molar-refractivity contribution in [3.63, 3.8) is 0 Å². The van der Waals surface area contributed by atoms with Gasteiger partial charge < -0.3 is 9.30 Å². The van der Waals surface area contributed by atoms with Crippen molar-refractivity contribution >= 4 is 17.7 Å². The highest BCUT2D eigenvalue weighted by Gasteiger charge is 2.25. The molecule has 0 aliphatic heterocycles. The van der Waals surface area contributed by atoms with Crippen molar-refractivity contribution in [2.45, 2.75) is 42.5 Å². The summed E-state index contributed by atoms with van der Waals surface area (Å²) >= 11 is 1.33. The third kappa shape index (κ3) is 3.13. The zero-order valence-electron chi connectivity index (χ0n) is 10.5. The van der Waals surface area contributed by atoms with Gasteiger partial charge >= 0.3 is 5.97 Å². The van der Waals surface area contributed by atoms with Crippen LogP contribution >= 0.6 is 11.8 Å². The molecule has 5 nitrogen and oxygen atoms in total. The first-order chi connectivity index (χ1) is 8.61. The quantitative estimate of drug-likeness (QED) is 0.600. The lowest BCUT2D eigenvalue weighted by molar-refractivity contribution is -0.140. The fraction of sp³-hybridized carbons (Fsp3) is 0.583. The topological polar surface area (TPSA) is 61.2 Å². The molecule has 0 amide bonds. The molecule has 0 aromatic carbocycles. The number of hydrogen-bond donors (Lipinski definition) is 0. The van der Waals surface area contributed by atoms with Crippen molar-refractivity contribution in [2.75, 3.05) is 7.11 Å². The molecule has 98 valence electrons. The summed E-state index contributed by atoms with van der Waals surface area (Å²) in [7, 11) is 1.36. The standard InChI is InChI=1S/C12H16N2O3S/c1-8(7-10(15)17-2)18-11-12(16)14(6-5-13-11)9-3-4-9/h5-6,8-9H,3-4,7H2,1-2H3. The van der Waals surface area contributed by atoms with Gasteiger partial charge in [0.25, 0.3) is 5.56 Å². The first-order valence-corrected chi connectivity index (χ1v) is 6.80. The lowest BCUT2D eigenvalue weighted by Gasteiger charge is -2.10. The number of carbonyl (C=O) groups excluding carboxylic acids is 1. The van der Waals surface area contributed by atoms with Crippen LogP contribution in [0.15, 0.2) is 22.2 Å². The van der Waals surface area contributed by atoms with Gasteiger partial charge in [0.15, 0.2) is 5.03 Å². The number of rotatable bonds is 5. The third-order valence-corrected chi connectivity index (χ3v) is 3.84. The van der Waals surface area contributed by atoms with Crippen molar-refractivity contribution in [1.29, 1.82) is 0 Å². The highest BCUT2D eigenvalue weighted by molar-refractivity contribution is 7.99. The number of aromatic nitrogens is 2. The summed E-state index contributed by atoms with van der Waals surface area (Å²) in [4.78, 5) is 27.3. The van der Waals surface area contributed by atoms with Crippen LogP contribution in [-0.4, -0.2) is 27.9 Å². The van der Waals surface area contributed by atoms with Gasteiger partial charge in [-0.15, -0.1) is 0 Å². The Balaban J connectivity index is 2.07. The minimum absolute atomic E-state index is 0.0206. The van der Waals surface area contributed by atoms with E-state index in [4.69, 9.17) is 0 Å². The average Bonchev–Trinajstić information content (AvgIpc) is 3.15. The Bertz CT molecular complexity index is 496. The summed E-state index contributed by atoms with van der Waals surface area (Å²) in [5.41, 5.74) is -0.0540. The van der Waals surface area contributed by atoms with Crippen molar-refractivity contribution in [2.24, 2.45) is 0 Å². The number of carbonyl (C=O) groups is 1. The van der Waals surface area contributed by atoms with Gasteiger partial charge in [-0.25, -0.2) is 4.98 Å². The van der Waals surface area contributed by atoms with Crippen LogP contribution in [0.3, 0.4) is 0 Å². The van der Waals surface area contributed by atoms with E-state index in [2.05, 4.69) is 9.72 Å². The van der Waals surface area contributed by atoms with E-state index in [1.165, 1.54) is 18.9 Å². The van der Waals surface area contributed by atoms with Gasteiger partial charge in [-0.1, -0.05) is 18.7 Å². The molecule has 1 fully saturated rings. The van der Waals surface area contributed by atoms with Gasteiger partial charge in [0.2, 0.25) is 0 Å². The second-order valence-electron chi connectivity index (χ2n) is 4.38. The summed E-state index contributed by atoms with van der Waals surface area (Å²) in [6.07, 6.45) is 5.78. The van der Waals surface area contributed by atoms with Crippen molar-refractivity contribution in [1.82, 2.24) is 9.55 Å². The molecule has 0 saturated heterocycles. The molecule has 0 spiro atoms. The number of ether oxygens (including phenoxy) is 1. The SMILES string of the molecule is COC(=O)CC(C)Sc1nccn(C2CC2)c1=O. The molecule has 1 atom stereocenters. The van der Waals surface area contributed by atoms with Crippen LogP contribution in [0.4, 0.5) is 0 Å². The molecule has 0 bridgehead atoms. The molecule has 18 heavy (non-hydrogen) atoms. The van der Waals surface area contributed by atoms with Crippen LogP contribution in [-0.2, 0) is 9.53 Å². The van der Waals surface area contributed by atoms with E-state index in [-0.39, 0.29) is 23.2 Å². The predicted octanol–water partition coefficient (Wildman–Crippen LogP) is 1.62. The normalized spacial score (nSPS) is 16.3. The summed E-state index contributed by atoms with van der Waals surface area (Å²) in [6, 6.07) is 0.343. The molecule has 2 rings (SSSR count). The molecule has 0 radical (unpaired) electrons. The maximum atomic E-state index is 12.1. The first kappa shape index (κ1) is 13.1. The Morgan fingerprint density at radius 3 is 3.00 bits per heavy atom. The molecule has 1 aliphatic rings. The number of nitrogens with zero attached hydrogens (tertiary/aromatic N) is 2. The van der Waals surface area contributed by atoms with Crippen molar-refractivity contribution < 1.29 is 9.53 Å². The molecular formula is C12H16N2O3S. The van der Waals surface area contributed by atoms with E-state index in [9.17, 15) is 9.59 Å². The molecule has 1 aromatic heterocycles. The molecule has 1 heterocycles. The van der Waals surface area contributed by atoms with E-state index in [1.807, 2.05) is 6.92 Å². The second-order valence-corrected chi connectivity index (χ2v) is 5.81. The van der Waals surface area contributed by atoms with Crippen LogP contribution in [0.1, 0.15) is 32.2 Å². The Morgan fingerprint density at radius 2 is 2.39 bits per heavy atom. The molecule has 0 N–H and O–H groups in total. The number of hydrogen-bond acceptors (Lipinski definition) is 5. The number of thioether (sulfide) groups is 1. The van der Waals surface area contributed by atoms with E-state index >= 15 is 0 Å². The lowest BCUT2D eigenvalue weighted by Crippen LogP contribution is -2.22. The molecule has 1 aliphatic carbocycles. The minimum Gasteiger partial charge on any atom is -0.469 e. The smallest absolute Gasteiger partial charge is 0.306 e. The second kappa shape index (κ2) is 5.56. The van der Waals surface area contributed by atoms with Gasteiger partial charge in [0, 0.05) is 23.7 Å². The molecular weight excluding hydrogens is 252 g/mol. The number of esters is 1. The van der Waals surface area contributed by atoms with Crippen LogP contribution < -0.4 is 5.56 Å². The van der Waals surface area contributed by atoms with E-state index < -0.39 is 0 Å².